The van der Waals surface area contributed by atoms with Crippen LogP contribution in [0.5, 0.6) is 0 Å². The molecule has 0 saturated heterocycles. The number of esters is 1. The number of carbonyl (C=O) groups excluding carboxylic acids is 1. The van der Waals surface area contributed by atoms with Crippen LogP contribution in [0, 0.1) is 0 Å². The first kappa shape index (κ1) is 33.0. The van der Waals surface area contributed by atoms with Gasteiger partial charge in [0.15, 0.2) is 0 Å². The normalized spacial score (nSPS) is 25.2. The Morgan fingerprint density at radius 2 is 1.37 bits per heavy atom. The number of halogens is 2. The molecule has 2 saturated carbocycles. The van der Waals surface area contributed by atoms with Gasteiger partial charge in [0.2, 0.25) is 0 Å². The fourth-order valence-electron chi connectivity index (χ4n) is 5.78. The molecule has 2 bridgehead atoms. The zero-order chi connectivity index (χ0) is 28.9. The number of rotatable bonds is 4. The molecule has 2 heterocycles. The van der Waals surface area contributed by atoms with Crippen molar-refractivity contribution in [2.45, 2.75) is 105 Å². The number of aromatic nitrogens is 1. The van der Waals surface area contributed by atoms with E-state index in [-0.39, 0.29) is 31.2 Å². The van der Waals surface area contributed by atoms with Crippen molar-refractivity contribution in [1.82, 2.24) is 4.98 Å². The van der Waals surface area contributed by atoms with Gasteiger partial charge in [-0.3, -0.25) is 4.98 Å². The molecule has 11 heteroatoms. The molecule has 2 fully saturated rings. The van der Waals surface area contributed by atoms with E-state index in [1.165, 1.54) is 25.7 Å². The summed E-state index contributed by atoms with van der Waals surface area (Å²) < 4.78 is 5.19. The molecule has 2 aromatic rings. The summed E-state index contributed by atoms with van der Waals surface area (Å²) >= 11 is 1.65. The molecule has 227 valence electrons. The van der Waals surface area contributed by atoms with E-state index in [9.17, 15) is 4.79 Å². The third-order valence-corrected chi connectivity index (χ3v) is 8.64. The van der Waals surface area contributed by atoms with Crippen LogP contribution in [0.1, 0.15) is 80.0 Å². The number of benzene rings is 1. The van der Waals surface area contributed by atoms with Crippen LogP contribution in [0.4, 0.5) is 0 Å². The predicted molar refractivity (Wildman–Crippen MR) is 165 cm³/mol. The Kier molecular flexibility index (Phi) is 14.5. The molecule has 1 aliphatic heterocycles. The molecule has 0 radical (unpaired) electrons. The van der Waals surface area contributed by atoms with E-state index in [0.29, 0.717) is 37.3 Å². The minimum atomic E-state index is -0.291. The molecule has 41 heavy (non-hydrogen) atoms. The first-order valence-corrected chi connectivity index (χ1v) is 18.6. The van der Waals surface area contributed by atoms with Gasteiger partial charge in [-0.25, -0.2) is 4.79 Å². The maximum absolute atomic E-state index is 12.3. The predicted octanol–water partition coefficient (Wildman–Crippen LogP) is 8.92. The first-order chi connectivity index (χ1) is 20.1. The van der Waals surface area contributed by atoms with Crippen LogP contribution in [-0.4, -0.2) is 54.8 Å². The SMILES string of the molecule is CCOC(=O)c1cccc(Sc2cc3nc(c2)C[N-][C@@H]2CCCC[C@H]2[N-]CC[N-]C2CCCCC2[N-]C3)c1.[Cl][Mn][Cl]. The van der Waals surface area contributed by atoms with Crippen LogP contribution in [0.2, 0.25) is 0 Å². The van der Waals surface area contributed by atoms with E-state index in [0.717, 1.165) is 60.0 Å². The van der Waals surface area contributed by atoms with Gasteiger partial charge >= 0.3 is 39.3 Å². The van der Waals surface area contributed by atoms with Crippen molar-refractivity contribution in [1.29, 1.82) is 0 Å². The Morgan fingerprint density at radius 3 is 1.88 bits per heavy atom. The Morgan fingerprint density at radius 1 is 0.854 bits per heavy atom. The van der Waals surface area contributed by atoms with Gasteiger partial charge in [-0.05, 0) is 37.3 Å². The van der Waals surface area contributed by atoms with E-state index in [1.54, 1.807) is 17.8 Å². The van der Waals surface area contributed by atoms with Crippen molar-refractivity contribution in [3.05, 3.63) is 74.6 Å². The third-order valence-electron chi connectivity index (χ3n) is 7.68. The molecule has 1 aromatic heterocycles. The molecular weight excluding hydrogens is 620 g/mol. The van der Waals surface area contributed by atoms with Crippen molar-refractivity contribution in [2.75, 3.05) is 19.7 Å². The van der Waals surface area contributed by atoms with Crippen LogP contribution in [0.15, 0.2) is 46.2 Å². The number of ether oxygens (including phenoxy) is 1. The van der Waals surface area contributed by atoms with E-state index >= 15 is 0 Å². The maximum atomic E-state index is 12.3. The molecule has 0 amide bonds. The molecule has 4 atom stereocenters. The second-order valence-electron chi connectivity index (χ2n) is 10.5. The molecule has 5 rings (SSSR count). The van der Waals surface area contributed by atoms with Gasteiger partial charge < -0.3 is 26.0 Å². The standard InChI is InChI=1S/C30H39N5O2S.2ClH.Mn/c1-2-37-30(36)21-8-7-9-24(16-21)38-25-17-22-19-33-28-12-5-3-10-26(28)31-14-15-32-27-11-4-6-13-29(27)34-20-23(18-25)35-22;;;/h7-9,16-18,26-29H,2-6,10-15,19-20H2,1H3;2*1H;/q-4;;;+2/p-2/t26-,27?,28-,29?;;;/m1.../s1. The second kappa shape index (κ2) is 18.1. The summed E-state index contributed by atoms with van der Waals surface area (Å²) in [4.78, 5) is 19.3. The molecule has 0 N–H and O–H groups in total. The number of nitrogens with zero attached hydrogens (tertiary/aromatic N) is 5. The van der Waals surface area contributed by atoms with Crippen LogP contribution in [0.3, 0.4) is 0 Å². The number of pyridine rings is 1. The van der Waals surface area contributed by atoms with E-state index in [4.69, 9.17) is 51.2 Å². The van der Waals surface area contributed by atoms with E-state index < -0.39 is 0 Å². The summed E-state index contributed by atoms with van der Waals surface area (Å²) in [7, 11) is 9.59. The second-order valence-corrected chi connectivity index (χ2v) is 13.6. The summed E-state index contributed by atoms with van der Waals surface area (Å²) in [5.74, 6) is -0.291. The first-order valence-electron chi connectivity index (χ1n) is 14.6. The summed E-state index contributed by atoms with van der Waals surface area (Å²) in [6.45, 7) is 4.98. The number of fused-ring (bicyclic) bond motifs is 4. The zero-order valence-corrected chi connectivity index (χ0v) is 27.1. The van der Waals surface area contributed by atoms with Gasteiger partial charge in [0.05, 0.1) is 12.2 Å². The average Bonchev–Trinajstić information content (AvgIpc) is 2.99. The molecule has 7 nitrogen and oxygen atoms in total. The van der Waals surface area contributed by atoms with Gasteiger partial charge in [0.1, 0.15) is 0 Å². The molecular formula is C30H39Cl2MnN5O2S-4. The number of hydrogen-bond acceptors (Lipinski definition) is 4. The van der Waals surface area contributed by atoms with Gasteiger partial charge in [0, 0.05) is 21.2 Å². The quantitative estimate of drug-likeness (QED) is 0.242. The van der Waals surface area contributed by atoms with Crippen molar-refractivity contribution >= 4 is 37.9 Å². The Bertz CT molecular complexity index is 1050. The molecule has 2 unspecified atom stereocenters. The Labute approximate surface area is 264 Å². The zero-order valence-electron chi connectivity index (χ0n) is 23.6. The van der Waals surface area contributed by atoms with Gasteiger partial charge in [0.25, 0.3) is 0 Å². The van der Waals surface area contributed by atoms with Gasteiger partial charge in [-0.1, -0.05) is 69.2 Å². The number of carbonyl (C=O) groups is 1. The van der Waals surface area contributed by atoms with Crippen LogP contribution >= 0.6 is 32.0 Å². The summed E-state index contributed by atoms with van der Waals surface area (Å²) in [6.07, 6.45) is 9.38. The van der Waals surface area contributed by atoms with Crippen LogP contribution in [0.25, 0.3) is 21.3 Å². The van der Waals surface area contributed by atoms with Crippen molar-refractivity contribution < 1.29 is 22.7 Å². The average molecular weight is 660 g/mol. The van der Waals surface area contributed by atoms with Gasteiger partial charge in [-0.15, -0.1) is 13.1 Å². The van der Waals surface area contributed by atoms with E-state index in [2.05, 4.69) is 12.1 Å². The fourth-order valence-corrected chi connectivity index (χ4v) is 6.78. The monoisotopic (exact) mass is 658 g/mol. The van der Waals surface area contributed by atoms with E-state index in [1.807, 2.05) is 25.1 Å². The Hall–Kier alpha value is -0.871. The van der Waals surface area contributed by atoms with Crippen molar-refractivity contribution in [3.8, 4) is 0 Å². The summed E-state index contributed by atoms with van der Waals surface area (Å²) in [5, 5.41) is 20.3. The van der Waals surface area contributed by atoms with Gasteiger partial charge in [-0.2, -0.15) is 37.3 Å². The van der Waals surface area contributed by atoms with Crippen molar-refractivity contribution in [2.24, 2.45) is 0 Å². The number of hydrogen-bond donors (Lipinski definition) is 0. The molecule has 1 aromatic carbocycles. The van der Waals surface area contributed by atoms with Crippen LogP contribution < -0.4 is 0 Å². The van der Waals surface area contributed by atoms with Crippen molar-refractivity contribution in [3.63, 3.8) is 0 Å². The fraction of sp³-hybridized carbons (Fsp3) is 0.600. The topological polar surface area (TPSA) is 95.6 Å². The molecule has 3 aliphatic rings. The van der Waals surface area contributed by atoms with Crippen LogP contribution in [-0.2, 0) is 31.0 Å². The molecule has 2 aliphatic carbocycles. The summed E-state index contributed by atoms with van der Waals surface area (Å²) in [6, 6.07) is 13.1. The Balaban J connectivity index is 0.00000124. The minimum absolute atomic E-state index is 0.00694. The molecule has 0 spiro atoms. The summed E-state index contributed by atoms with van der Waals surface area (Å²) in [5.41, 5.74) is 2.53. The third kappa shape index (κ3) is 10.7.